The average molecular weight is 934 g/mol. The molecule has 0 aliphatic carbocycles. The summed E-state index contributed by atoms with van der Waals surface area (Å²) in [6.45, 7) is 43.2. The first-order chi connectivity index (χ1) is 27.9. The summed E-state index contributed by atoms with van der Waals surface area (Å²) in [5.74, 6) is 3.58. The fourth-order valence-electron chi connectivity index (χ4n) is 3.13. The normalized spacial score (nSPS) is 13.4. The second-order valence-corrected chi connectivity index (χ2v) is 26.4. The van der Waals surface area contributed by atoms with Crippen molar-refractivity contribution in [2.45, 2.75) is 193 Å². The summed E-state index contributed by atoms with van der Waals surface area (Å²) < 4.78 is 33.0. The predicted octanol–water partition coefficient (Wildman–Crippen LogP) is 8.02. The van der Waals surface area contributed by atoms with E-state index in [9.17, 15) is 27.4 Å². The molecule has 1 unspecified atom stereocenters. The van der Waals surface area contributed by atoms with Crippen LogP contribution < -0.4 is 0 Å². The molecule has 0 aromatic carbocycles. The Kier molecular flexibility index (Phi) is 30.7. The lowest BCUT2D eigenvalue weighted by Crippen LogP contribution is -2.26. The molecular formula is C41H85BN11O8PS. The third kappa shape index (κ3) is 36.6. The minimum Gasteiger partial charge on any atom is -0.451 e. The lowest BCUT2D eigenvalue weighted by Gasteiger charge is -2.21. The topological polar surface area (TPSA) is 267 Å². The average Bonchev–Trinajstić information content (AvgIpc) is 3.82. The number of aromatic nitrogens is 8. The minimum absolute atomic E-state index is 0.0303. The van der Waals surface area contributed by atoms with Crippen LogP contribution in [-0.4, -0.2) is 118 Å². The number of hydrogen-bond acceptors (Lipinski definition) is 16. The summed E-state index contributed by atoms with van der Waals surface area (Å²) in [5.41, 5.74) is 0.133. The number of Topliss-reactive ketones (excluding diaryl/α,β-unsaturated/α-hetero) is 3. The molecule has 0 spiro atoms. The van der Waals surface area contributed by atoms with Gasteiger partial charge in [0, 0.05) is 41.2 Å². The van der Waals surface area contributed by atoms with Gasteiger partial charge in [0.25, 0.3) is 6.92 Å². The number of ketones is 3. The molecule has 2 aromatic heterocycles. The molecule has 3 rings (SSSR count). The zero-order chi connectivity index (χ0) is 51.1. The molecule has 22 heteroatoms. The SMILES string of the molecule is CB(O)CC(C)(C)C.CC(=O)C(C)(C)C.CC(=O)Cn1nnc(C(C)C)n1.CC(=O)Cn1nnnc1C(C)C.CC(C)(C)P(C)(=O)O.CC(C)(C)S(C)(=O)=O.CC(C)C1=NCN=N1. The summed E-state index contributed by atoms with van der Waals surface area (Å²) in [6.07, 6.45) is 2.12. The molecule has 0 fully saturated rings. The number of rotatable bonds is 8. The summed E-state index contributed by atoms with van der Waals surface area (Å²) >= 11 is 0. The quantitative estimate of drug-likeness (QED) is 0.188. The molecule has 0 amide bonds. The zero-order valence-electron chi connectivity index (χ0n) is 43.3. The van der Waals surface area contributed by atoms with Crippen molar-refractivity contribution in [3.8, 4) is 0 Å². The largest absolute Gasteiger partial charge is 0.451 e. The fourth-order valence-corrected chi connectivity index (χ4v) is 3.13. The molecule has 0 saturated heterocycles. The van der Waals surface area contributed by atoms with Crippen molar-refractivity contribution in [3.05, 3.63) is 11.6 Å². The third-order valence-corrected chi connectivity index (χ3v) is 12.8. The lowest BCUT2D eigenvalue weighted by molar-refractivity contribution is -0.124. The van der Waals surface area contributed by atoms with Gasteiger partial charge >= 0.3 is 0 Å². The Morgan fingerprint density at radius 2 is 1.22 bits per heavy atom. The Hall–Kier alpha value is -3.42. The number of sulfone groups is 1. The zero-order valence-corrected chi connectivity index (χ0v) is 45.0. The first-order valence-corrected chi connectivity index (χ1v) is 25.0. The van der Waals surface area contributed by atoms with Gasteiger partial charge < -0.3 is 9.92 Å². The highest BCUT2D eigenvalue weighted by atomic mass is 32.2. The summed E-state index contributed by atoms with van der Waals surface area (Å²) in [5, 5.41) is 38.5. The van der Waals surface area contributed by atoms with E-state index in [0.29, 0.717) is 18.4 Å². The Balaban J connectivity index is -0.000000326. The summed E-state index contributed by atoms with van der Waals surface area (Å²) in [7, 11) is -5.69. The van der Waals surface area contributed by atoms with Crippen LogP contribution >= 0.6 is 7.37 Å². The maximum atomic E-state index is 10.8. The van der Waals surface area contributed by atoms with E-state index in [0.717, 1.165) is 18.0 Å². The van der Waals surface area contributed by atoms with Crippen molar-refractivity contribution in [3.63, 3.8) is 0 Å². The molecule has 2 N–H and O–H groups in total. The van der Waals surface area contributed by atoms with Crippen LogP contribution in [-0.2, 0) is 41.9 Å². The molecule has 1 aliphatic rings. The van der Waals surface area contributed by atoms with Gasteiger partial charge in [0.15, 0.2) is 39.7 Å². The summed E-state index contributed by atoms with van der Waals surface area (Å²) in [4.78, 5) is 46.1. The minimum atomic E-state index is -2.85. The van der Waals surface area contributed by atoms with Gasteiger partial charge in [-0.05, 0) is 68.9 Å². The van der Waals surface area contributed by atoms with Gasteiger partial charge in [0.2, 0.25) is 7.37 Å². The van der Waals surface area contributed by atoms with Gasteiger partial charge in [0.1, 0.15) is 24.7 Å². The van der Waals surface area contributed by atoms with E-state index in [1.54, 1.807) is 48.5 Å². The number of tetrazole rings is 2. The summed E-state index contributed by atoms with van der Waals surface area (Å²) in [6, 6.07) is 0. The molecule has 0 radical (unpaired) electrons. The van der Waals surface area contributed by atoms with E-state index in [-0.39, 0.29) is 60.0 Å². The van der Waals surface area contributed by atoms with Crippen molar-refractivity contribution >= 4 is 47.3 Å². The van der Waals surface area contributed by atoms with Crippen LogP contribution in [0.15, 0.2) is 15.2 Å². The highest BCUT2D eigenvalue weighted by Crippen LogP contribution is 2.49. The molecule has 3 heterocycles. The molecule has 366 valence electrons. The van der Waals surface area contributed by atoms with E-state index >= 15 is 0 Å². The van der Waals surface area contributed by atoms with Gasteiger partial charge in [-0.1, -0.05) is 111 Å². The number of carbonyl (C=O) groups is 3. The van der Waals surface area contributed by atoms with Crippen LogP contribution in [0.2, 0.25) is 13.1 Å². The van der Waals surface area contributed by atoms with Gasteiger partial charge in [-0.25, -0.2) is 18.1 Å². The Morgan fingerprint density at radius 3 is 1.43 bits per heavy atom. The highest BCUT2D eigenvalue weighted by molar-refractivity contribution is 7.92. The standard InChI is InChI=1S/2C7H12N4O.C6H15BO.C6H12O.C5H9N3.C5H13O2P.C5H12O2S/c1-5(2)7-8-9-10-11(7)4-6(3)12;1-5(2)7-8-10-11(9-7)4-6(3)12;1-6(2,3)5-7(4)8;1-5(7)6(2,3)4;1-4(2)5-6-3-7-8-5;2*1-5(2,3)8(4,6)7/h2*5H,4H2,1-3H3;8H,5H2,1-4H3;1-4H3;4H,3H2,1-2H3;1-4H3,(H,6,7);1-4H3. The predicted molar refractivity (Wildman–Crippen MR) is 256 cm³/mol. The van der Waals surface area contributed by atoms with Crippen molar-refractivity contribution in [1.29, 1.82) is 0 Å². The van der Waals surface area contributed by atoms with Crippen LogP contribution in [0.25, 0.3) is 0 Å². The molecular weight excluding hydrogens is 848 g/mol. The van der Waals surface area contributed by atoms with E-state index < -0.39 is 27.1 Å². The second kappa shape index (κ2) is 29.2. The van der Waals surface area contributed by atoms with E-state index in [1.165, 1.54) is 36.2 Å². The monoisotopic (exact) mass is 934 g/mol. The van der Waals surface area contributed by atoms with Crippen molar-refractivity contribution in [2.75, 3.05) is 19.6 Å². The van der Waals surface area contributed by atoms with Crippen LogP contribution in [0.1, 0.15) is 169 Å². The van der Waals surface area contributed by atoms with Crippen molar-refractivity contribution < 1.29 is 37.3 Å². The molecule has 1 aliphatic heterocycles. The van der Waals surface area contributed by atoms with Gasteiger partial charge in [0.05, 0.1) is 4.75 Å². The first-order valence-electron chi connectivity index (χ1n) is 21.0. The number of carbonyl (C=O) groups excluding carboxylic acids is 3. The lowest BCUT2D eigenvalue weighted by atomic mass is 9.60. The number of amidine groups is 1. The number of azo groups is 1. The Bertz CT molecular complexity index is 1860. The van der Waals surface area contributed by atoms with Crippen molar-refractivity contribution in [2.24, 2.45) is 32.0 Å². The number of aliphatic imine (C=N–C) groups is 1. The molecule has 2 aromatic rings. The maximum Gasteiger partial charge on any atom is 0.286 e. The van der Waals surface area contributed by atoms with Crippen molar-refractivity contribution in [1.82, 2.24) is 40.4 Å². The van der Waals surface area contributed by atoms with E-state index in [4.69, 9.17) is 9.92 Å². The molecule has 1 atom stereocenters. The molecule has 19 nitrogen and oxygen atoms in total. The number of hydrogen-bond donors (Lipinski definition) is 2. The van der Waals surface area contributed by atoms with E-state index in [1.807, 2.05) is 55.3 Å². The van der Waals surface area contributed by atoms with Gasteiger partial charge in [-0.3, -0.25) is 18.9 Å². The van der Waals surface area contributed by atoms with Gasteiger partial charge in [-0.15, -0.1) is 20.4 Å². The Labute approximate surface area is 380 Å². The van der Waals surface area contributed by atoms with Crippen LogP contribution in [0.4, 0.5) is 0 Å². The Morgan fingerprint density at radius 1 is 0.794 bits per heavy atom. The number of nitrogens with zero attached hydrogens (tertiary/aromatic N) is 11. The molecule has 0 bridgehead atoms. The maximum absolute atomic E-state index is 10.8. The smallest absolute Gasteiger partial charge is 0.286 e. The van der Waals surface area contributed by atoms with E-state index in [2.05, 4.69) is 80.8 Å². The molecule has 0 saturated carbocycles. The van der Waals surface area contributed by atoms with Crippen LogP contribution in [0.5, 0.6) is 0 Å². The fraction of sp³-hybridized carbons (Fsp3) is 0.854. The highest BCUT2D eigenvalue weighted by Gasteiger charge is 2.28. The van der Waals surface area contributed by atoms with Gasteiger partial charge in [-0.2, -0.15) is 9.91 Å². The van der Waals surface area contributed by atoms with Crippen LogP contribution in [0.3, 0.4) is 0 Å². The molecule has 63 heavy (non-hydrogen) atoms. The first kappa shape index (κ1) is 66.2. The second-order valence-electron chi connectivity index (χ2n) is 20.5. The third-order valence-electron chi connectivity index (χ3n) is 8.10. The van der Waals surface area contributed by atoms with Crippen LogP contribution in [0, 0.1) is 16.7 Å².